The number of nitrogens with zero attached hydrogens (tertiary/aromatic N) is 4. The van der Waals surface area contributed by atoms with Crippen molar-refractivity contribution in [3.05, 3.63) is 260 Å². The molecular formula is C70H42N4. The first-order valence-corrected chi connectivity index (χ1v) is 25.0. The van der Waals surface area contributed by atoms with E-state index in [1.54, 1.807) is 0 Å². The summed E-state index contributed by atoms with van der Waals surface area (Å²) in [6.07, 6.45) is 0. The van der Waals surface area contributed by atoms with Crippen molar-refractivity contribution in [1.82, 2.24) is 15.0 Å². The summed E-state index contributed by atoms with van der Waals surface area (Å²) >= 11 is 0. The predicted octanol–water partition coefficient (Wildman–Crippen LogP) is 18.2. The summed E-state index contributed by atoms with van der Waals surface area (Å²) in [5.41, 5.74) is 18.9. The van der Waals surface area contributed by atoms with Gasteiger partial charge in [-0.3, -0.25) is 0 Å². The number of aromatic nitrogens is 3. The van der Waals surface area contributed by atoms with Crippen LogP contribution in [0.15, 0.2) is 255 Å². The molecule has 12 aromatic carbocycles. The molecule has 13 aromatic rings. The Morgan fingerprint density at radius 3 is 1.45 bits per heavy atom. The molecule has 74 heavy (non-hydrogen) atoms. The van der Waals surface area contributed by atoms with Crippen molar-refractivity contribution in [2.45, 2.75) is 0 Å². The van der Waals surface area contributed by atoms with E-state index in [1.807, 2.05) is 42.5 Å². The Morgan fingerprint density at radius 2 is 0.703 bits per heavy atom. The van der Waals surface area contributed by atoms with Crippen LogP contribution in [0.4, 0.5) is 0 Å². The van der Waals surface area contributed by atoms with Crippen molar-refractivity contribution in [3.63, 3.8) is 0 Å². The number of rotatable bonds is 8. The van der Waals surface area contributed by atoms with E-state index in [4.69, 9.17) is 15.0 Å². The predicted molar refractivity (Wildman–Crippen MR) is 305 cm³/mol. The van der Waals surface area contributed by atoms with Crippen LogP contribution in [-0.2, 0) is 0 Å². The summed E-state index contributed by atoms with van der Waals surface area (Å²) in [5.74, 6) is 1.80. The molecule has 14 rings (SSSR count). The largest absolute Gasteiger partial charge is 0.208 e. The number of nitriles is 1. The van der Waals surface area contributed by atoms with Crippen LogP contribution in [0, 0.1) is 11.3 Å². The van der Waals surface area contributed by atoms with Crippen LogP contribution in [0.2, 0.25) is 0 Å². The van der Waals surface area contributed by atoms with Gasteiger partial charge < -0.3 is 0 Å². The van der Waals surface area contributed by atoms with E-state index in [1.165, 1.54) is 60.1 Å². The normalized spacial score (nSPS) is 11.5. The van der Waals surface area contributed by atoms with Gasteiger partial charge in [0.25, 0.3) is 0 Å². The Hall–Kier alpha value is -10.1. The standard InChI is InChI=1S/C70H42N4/c71-43-66-54(46-34-30-45(31-35-46)51-38-39-60-61-28-11-17-47-18-12-29-62(67(47)61)65(60)41-51)26-13-27-56(66)52-20-10-19-50(40-52)44-32-36-49(37-33-44)69-72-68(48-14-2-1-3-15-48)73-70(74-69)63-25-9-8-24-59(63)64-42-53-16-4-5-21-55(53)57-22-6-7-23-58(57)64/h1-42H. The van der Waals surface area contributed by atoms with Gasteiger partial charge in [-0.15, -0.1) is 0 Å². The molecule has 0 saturated carbocycles. The smallest absolute Gasteiger partial charge is 0.164 e. The SMILES string of the molecule is N#Cc1c(-c2ccc(-c3ccc4c(c3)-c3cccc5cccc-4c35)cc2)cccc1-c1cccc(-c2ccc(-c3nc(-c4ccccc4)nc(-c4ccccc4-c4cc5ccccc5c5ccccc45)n3)cc2)c1. The van der Waals surface area contributed by atoms with Crippen LogP contribution in [0.3, 0.4) is 0 Å². The van der Waals surface area contributed by atoms with E-state index in [9.17, 15) is 5.26 Å². The van der Waals surface area contributed by atoms with Crippen molar-refractivity contribution in [2.75, 3.05) is 0 Å². The monoisotopic (exact) mass is 938 g/mol. The molecule has 0 unspecified atom stereocenters. The zero-order valence-corrected chi connectivity index (χ0v) is 40.0. The highest BCUT2D eigenvalue weighted by Crippen LogP contribution is 2.48. The third kappa shape index (κ3) is 7.26. The van der Waals surface area contributed by atoms with Crippen LogP contribution < -0.4 is 0 Å². The number of hydrogen-bond donors (Lipinski definition) is 0. The maximum absolute atomic E-state index is 10.8. The third-order valence-electron chi connectivity index (χ3n) is 14.8. The minimum atomic E-state index is 0.590. The molecule has 4 heteroatoms. The molecule has 0 N–H and O–H groups in total. The summed E-state index contributed by atoms with van der Waals surface area (Å²) in [6, 6.07) is 92.2. The van der Waals surface area contributed by atoms with Crippen molar-refractivity contribution < 1.29 is 0 Å². The van der Waals surface area contributed by atoms with Gasteiger partial charge in [0.1, 0.15) is 6.07 Å². The minimum Gasteiger partial charge on any atom is -0.208 e. The molecule has 4 nitrogen and oxygen atoms in total. The van der Waals surface area contributed by atoms with Gasteiger partial charge in [0, 0.05) is 27.8 Å². The Labute approximate surface area is 428 Å². The zero-order valence-electron chi connectivity index (χ0n) is 40.0. The molecule has 342 valence electrons. The summed E-state index contributed by atoms with van der Waals surface area (Å²) < 4.78 is 0. The topological polar surface area (TPSA) is 62.5 Å². The quantitative estimate of drug-likeness (QED) is 0.142. The lowest BCUT2D eigenvalue weighted by molar-refractivity contribution is 1.07. The zero-order chi connectivity index (χ0) is 49.1. The van der Waals surface area contributed by atoms with Gasteiger partial charge in [-0.05, 0) is 117 Å². The van der Waals surface area contributed by atoms with Gasteiger partial charge in [-0.25, -0.2) is 15.0 Å². The molecule has 0 fully saturated rings. The summed E-state index contributed by atoms with van der Waals surface area (Å²) in [6.45, 7) is 0. The average Bonchev–Trinajstić information content (AvgIpc) is 3.81. The number of benzene rings is 12. The molecule has 0 bridgehead atoms. The fourth-order valence-electron chi connectivity index (χ4n) is 11.2. The molecule has 0 radical (unpaired) electrons. The second kappa shape index (κ2) is 17.6. The lowest BCUT2D eigenvalue weighted by Gasteiger charge is -2.15. The van der Waals surface area contributed by atoms with Crippen molar-refractivity contribution >= 4 is 32.3 Å². The average molecular weight is 939 g/mol. The first kappa shape index (κ1) is 42.8. The van der Waals surface area contributed by atoms with Gasteiger partial charge in [0.2, 0.25) is 0 Å². The fourth-order valence-corrected chi connectivity index (χ4v) is 11.2. The molecule has 0 saturated heterocycles. The maximum atomic E-state index is 10.8. The molecule has 1 aliphatic rings. The summed E-state index contributed by atoms with van der Waals surface area (Å²) in [7, 11) is 0. The van der Waals surface area contributed by atoms with E-state index in [0.29, 0.717) is 23.0 Å². The highest BCUT2D eigenvalue weighted by atomic mass is 15.0. The highest BCUT2D eigenvalue weighted by molar-refractivity contribution is 6.16. The maximum Gasteiger partial charge on any atom is 0.164 e. The van der Waals surface area contributed by atoms with Gasteiger partial charge in [0.15, 0.2) is 17.5 Å². The number of fused-ring (bicyclic) bond motifs is 6. The fraction of sp³-hybridized carbons (Fsp3) is 0. The summed E-state index contributed by atoms with van der Waals surface area (Å²) in [5, 5.41) is 18.2. The summed E-state index contributed by atoms with van der Waals surface area (Å²) in [4.78, 5) is 15.5. The third-order valence-corrected chi connectivity index (χ3v) is 14.8. The Kier molecular flexibility index (Phi) is 10.2. The molecule has 0 spiro atoms. The van der Waals surface area contributed by atoms with Crippen LogP contribution in [-0.4, -0.2) is 15.0 Å². The second-order valence-electron chi connectivity index (χ2n) is 19.0. The van der Waals surface area contributed by atoms with E-state index >= 15 is 0 Å². The first-order valence-electron chi connectivity index (χ1n) is 25.0. The number of hydrogen-bond acceptors (Lipinski definition) is 4. The van der Waals surface area contributed by atoms with Gasteiger partial charge in [0.05, 0.1) is 5.56 Å². The van der Waals surface area contributed by atoms with Crippen molar-refractivity contribution in [1.29, 1.82) is 5.26 Å². The van der Waals surface area contributed by atoms with Crippen molar-refractivity contribution in [3.8, 4) is 118 Å². The molecular weight excluding hydrogens is 897 g/mol. The lowest BCUT2D eigenvalue weighted by Crippen LogP contribution is -2.01. The van der Waals surface area contributed by atoms with Gasteiger partial charge in [-0.1, -0.05) is 237 Å². The lowest BCUT2D eigenvalue weighted by atomic mass is 9.90. The molecule has 1 heterocycles. The molecule has 0 aliphatic heterocycles. The van der Waals surface area contributed by atoms with E-state index < -0.39 is 0 Å². The van der Waals surface area contributed by atoms with E-state index in [0.717, 1.165) is 66.8 Å². The second-order valence-corrected chi connectivity index (χ2v) is 19.0. The Balaban J connectivity index is 0.781. The van der Waals surface area contributed by atoms with Crippen LogP contribution in [0.5, 0.6) is 0 Å². The van der Waals surface area contributed by atoms with Crippen molar-refractivity contribution in [2.24, 2.45) is 0 Å². The van der Waals surface area contributed by atoms with Crippen LogP contribution >= 0.6 is 0 Å². The van der Waals surface area contributed by atoms with Crippen LogP contribution in [0.1, 0.15) is 5.56 Å². The minimum absolute atomic E-state index is 0.590. The van der Waals surface area contributed by atoms with E-state index in [2.05, 4.69) is 218 Å². The highest BCUT2D eigenvalue weighted by Gasteiger charge is 2.22. The van der Waals surface area contributed by atoms with E-state index in [-0.39, 0.29) is 0 Å². The first-order chi connectivity index (χ1) is 36.6. The molecule has 1 aliphatic carbocycles. The molecule has 0 amide bonds. The van der Waals surface area contributed by atoms with Gasteiger partial charge in [-0.2, -0.15) is 5.26 Å². The molecule has 1 aromatic heterocycles. The Morgan fingerprint density at radius 1 is 0.243 bits per heavy atom. The molecule has 0 atom stereocenters. The Bertz CT molecular complexity index is 4410. The van der Waals surface area contributed by atoms with Gasteiger partial charge >= 0.3 is 0 Å². The van der Waals surface area contributed by atoms with Crippen LogP contribution in [0.25, 0.3) is 144 Å².